The molecule has 0 aromatic heterocycles. The number of likely N-dealkylation sites (N-methyl/N-ethyl adjacent to an activating group) is 1. The number of imide groups is 1. The van der Waals surface area contributed by atoms with Crippen molar-refractivity contribution in [2.24, 2.45) is 0 Å². The summed E-state index contributed by atoms with van der Waals surface area (Å²) in [6.45, 7) is 2.48. The van der Waals surface area contributed by atoms with Gasteiger partial charge in [0.1, 0.15) is 18.1 Å². The van der Waals surface area contributed by atoms with E-state index in [2.05, 4.69) is 45.5 Å². The van der Waals surface area contributed by atoms with Crippen molar-refractivity contribution in [3.63, 3.8) is 0 Å². The zero-order valence-corrected chi connectivity index (χ0v) is 17.4. The van der Waals surface area contributed by atoms with Gasteiger partial charge in [0.2, 0.25) is 0 Å². The molecule has 1 saturated heterocycles. The lowest BCUT2D eigenvalue weighted by atomic mass is 10.1. The highest BCUT2D eigenvalue weighted by atomic mass is 79.9. The number of carbonyl (C=O) groups excluding carboxylic acids is 2. The summed E-state index contributed by atoms with van der Waals surface area (Å²) in [5.41, 5.74) is 2.00. The number of hydrogen-bond donors (Lipinski definition) is 1. The number of amides is 3. The molecule has 0 saturated carbocycles. The standard InChI is InChI=1S/C23H19BrN2O3/c1-2-26-22(27)20(25-23(26)28)13-18-12-19(24)9-10-21(18)29-14-15-7-8-16-5-3-4-6-17(16)11-15/h3-13H,2,14H2,1H3,(H,25,28)/b20-13+. The van der Waals surface area contributed by atoms with Crippen LogP contribution in [0, 0.1) is 0 Å². The number of ether oxygens (including phenoxy) is 1. The van der Waals surface area contributed by atoms with Crippen molar-refractivity contribution in [2.45, 2.75) is 13.5 Å². The SMILES string of the molecule is CCN1C(=O)N/C(=C/c2cc(Br)ccc2OCc2ccc3ccccc3c2)C1=O. The highest BCUT2D eigenvalue weighted by Crippen LogP contribution is 2.27. The minimum absolute atomic E-state index is 0.241. The molecule has 6 heteroatoms. The Labute approximate surface area is 177 Å². The van der Waals surface area contributed by atoms with Crippen LogP contribution >= 0.6 is 15.9 Å². The fraction of sp³-hybridized carbons (Fsp3) is 0.130. The van der Waals surface area contributed by atoms with Crippen molar-refractivity contribution >= 4 is 44.7 Å². The van der Waals surface area contributed by atoms with E-state index >= 15 is 0 Å². The molecular weight excluding hydrogens is 432 g/mol. The second kappa shape index (κ2) is 8.09. The topological polar surface area (TPSA) is 58.6 Å². The maximum atomic E-state index is 12.4. The van der Waals surface area contributed by atoms with Crippen LogP contribution in [0.1, 0.15) is 18.1 Å². The van der Waals surface area contributed by atoms with Gasteiger partial charge in [-0.2, -0.15) is 0 Å². The maximum absolute atomic E-state index is 12.4. The van der Waals surface area contributed by atoms with Crippen LogP contribution in [-0.2, 0) is 11.4 Å². The predicted octanol–water partition coefficient (Wildman–Crippen LogP) is 5.09. The van der Waals surface area contributed by atoms with Gasteiger partial charge in [-0.25, -0.2) is 4.79 Å². The first-order valence-corrected chi connectivity index (χ1v) is 10.1. The first-order chi connectivity index (χ1) is 14.0. The molecule has 1 heterocycles. The number of rotatable bonds is 5. The van der Waals surface area contributed by atoms with Crippen LogP contribution in [0.15, 0.2) is 70.8 Å². The molecule has 0 radical (unpaired) electrons. The first-order valence-electron chi connectivity index (χ1n) is 9.29. The molecule has 29 heavy (non-hydrogen) atoms. The van der Waals surface area contributed by atoms with Gasteiger partial charge in [0.25, 0.3) is 5.91 Å². The van der Waals surface area contributed by atoms with Crippen LogP contribution < -0.4 is 10.1 Å². The molecule has 1 aliphatic heterocycles. The van der Waals surface area contributed by atoms with Gasteiger partial charge in [0.15, 0.2) is 0 Å². The summed E-state index contributed by atoms with van der Waals surface area (Å²) in [6, 6.07) is 19.6. The van der Waals surface area contributed by atoms with Crippen LogP contribution in [0.4, 0.5) is 4.79 Å². The van der Waals surface area contributed by atoms with Crippen molar-refractivity contribution in [1.29, 1.82) is 0 Å². The number of hydrogen-bond acceptors (Lipinski definition) is 3. The average Bonchev–Trinajstić information content (AvgIpc) is 2.99. The largest absolute Gasteiger partial charge is 0.488 e. The molecule has 4 rings (SSSR count). The number of benzene rings is 3. The number of halogens is 1. The van der Waals surface area contributed by atoms with Gasteiger partial charge in [-0.1, -0.05) is 52.3 Å². The monoisotopic (exact) mass is 450 g/mol. The van der Waals surface area contributed by atoms with Crippen LogP contribution in [-0.4, -0.2) is 23.4 Å². The lowest BCUT2D eigenvalue weighted by Gasteiger charge is -2.11. The summed E-state index contributed by atoms with van der Waals surface area (Å²) in [4.78, 5) is 25.4. The van der Waals surface area contributed by atoms with Crippen LogP contribution in [0.25, 0.3) is 16.8 Å². The van der Waals surface area contributed by atoms with Gasteiger partial charge in [-0.3, -0.25) is 9.69 Å². The molecule has 0 atom stereocenters. The smallest absolute Gasteiger partial charge is 0.328 e. The van der Waals surface area contributed by atoms with Crippen LogP contribution in [0.3, 0.4) is 0 Å². The molecule has 0 bridgehead atoms. The third-order valence-electron chi connectivity index (χ3n) is 4.76. The molecular formula is C23H19BrN2O3. The van der Waals surface area contributed by atoms with Crippen molar-refractivity contribution in [1.82, 2.24) is 10.2 Å². The quantitative estimate of drug-likeness (QED) is 0.434. The van der Waals surface area contributed by atoms with Gasteiger partial charge in [0, 0.05) is 16.6 Å². The number of nitrogens with one attached hydrogen (secondary N) is 1. The Balaban J connectivity index is 1.59. The first kappa shape index (κ1) is 19.2. The van der Waals surface area contributed by atoms with E-state index in [9.17, 15) is 9.59 Å². The normalized spacial score (nSPS) is 15.2. The van der Waals surface area contributed by atoms with Gasteiger partial charge in [0.05, 0.1) is 0 Å². The van der Waals surface area contributed by atoms with Crippen molar-refractivity contribution in [3.05, 3.63) is 82.0 Å². The van der Waals surface area contributed by atoms with Crippen LogP contribution in [0.2, 0.25) is 0 Å². The van der Waals surface area contributed by atoms with E-state index in [1.54, 1.807) is 13.0 Å². The lowest BCUT2D eigenvalue weighted by Crippen LogP contribution is -2.30. The van der Waals surface area contributed by atoms with Gasteiger partial charge in [-0.15, -0.1) is 0 Å². The van der Waals surface area contributed by atoms with Gasteiger partial charge < -0.3 is 10.1 Å². The second-order valence-corrected chi connectivity index (χ2v) is 7.61. The average molecular weight is 451 g/mol. The van der Waals surface area contributed by atoms with Crippen molar-refractivity contribution in [2.75, 3.05) is 6.54 Å². The van der Waals surface area contributed by atoms with Crippen molar-refractivity contribution < 1.29 is 14.3 Å². The van der Waals surface area contributed by atoms with E-state index in [0.717, 1.165) is 15.4 Å². The number of carbonyl (C=O) groups is 2. The summed E-state index contributed by atoms with van der Waals surface area (Å²) in [5.74, 6) is 0.295. The minimum atomic E-state index is -0.405. The van der Waals surface area contributed by atoms with E-state index in [4.69, 9.17) is 4.74 Å². The molecule has 0 aliphatic carbocycles. The minimum Gasteiger partial charge on any atom is -0.488 e. The Hall–Kier alpha value is -3.12. The Morgan fingerprint density at radius 1 is 1.03 bits per heavy atom. The summed E-state index contributed by atoms with van der Waals surface area (Å²) in [7, 11) is 0. The Morgan fingerprint density at radius 3 is 2.59 bits per heavy atom. The summed E-state index contributed by atoms with van der Waals surface area (Å²) < 4.78 is 6.90. The number of nitrogens with zero attached hydrogens (tertiary/aromatic N) is 1. The molecule has 0 spiro atoms. The van der Waals surface area contributed by atoms with Gasteiger partial charge >= 0.3 is 6.03 Å². The Kier molecular flexibility index (Phi) is 5.36. The molecule has 3 aromatic carbocycles. The summed E-state index contributed by atoms with van der Waals surface area (Å²) in [6.07, 6.45) is 1.65. The van der Waals surface area contributed by atoms with E-state index in [0.29, 0.717) is 24.5 Å². The maximum Gasteiger partial charge on any atom is 0.328 e. The van der Waals surface area contributed by atoms with E-state index in [-0.39, 0.29) is 11.6 Å². The van der Waals surface area contributed by atoms with Crippen molar-refractivity contribution in [3.8, 4) is 5.75 Å². The van der Waals surface area contributed by atoms with Gasteiger partial charge in [-0.05, 0) is 53.6 Å². The molecule has 5 nitrogen and oxygen atoms in total. The summed E-state index contributed by atoms with van der Waals surface area (Å²) in [5, 5.41) is 4.96. The predicted molar refractivity (Wildman–Crippen MR) is 116 cm³/mol. The molecule has 3 amide bonds. The molecule has 0 unspecified atom stereocenters. The fourth-order valence-corrected chi connectivity index (χ4v) is 3.65. The zero-order valence-electron chi connectivity index (χ0n) is 15.8. The Morgan fingerprint density at radius 2 is 1.83 bits per heavy atom. The number of fused-ring (bicyclic) bond motifs is 1. The van der Waals surface area contributed by atoms with E-state index in [1.807, 2.05) is 36.4 Å². The highest BCUT2D eigenvalue weighted by Gasteiger charge is 2.32. The van der Waals surface area contributed by atoms with E-state index < -0.39 is 6.03 Å². The Bertz CT molecular complexity index is 1140. The number of urea groups is 1. The third kappa shape index (κ3) is 4.03. The highest BCUT2D eigenvalue weighted by molar-refractivity contribution is 9.10. The molecule has 3 aromatic rings. The van der Waals surface area contributed by atoms with Crippen LogP contribution in [0.5, 0.6) is 5.75 Å². The third-order valence-corrected chi connectivity index (χ3v) is 5.25. The molecule has 1 aliphatic rings. The van der Waals surface area contributed by atoms with E-state index in [1.165, 1.54) is 10.3 Å². The fourth-order valence-electron chi connectivity index (χ4n) is 3.27. The molecule has 146 valence electrons. The summed E-state index contributed by atoms with van der Waals surface area (Å²) >= 11 is 3.45. The molecule has 1 N–H and O–H groups in total. The zero-order chi connectivity index (χ0) is 20.4. The molecule has 1 fully saturated rings. The second-order valence-electron chi connectivity index (χ2n) is 6.69. The lowest BCUT2D eigenvalue weighted by molar-refractivity contribution is -0.122.